The Morgan fingerprint density at radius 3 is 2.57 bits per heavy atom. The van der Waals surface area contributed by atoms with Crippen molar-refractivity contribution in [2.45, 2.75) is 64.9 Å². The van der Waals surface area contributed by atoms with Crippen LogP contribution in [0.5, 0.6) is 5.88 Å². The van der Waals surface area contributed by atoms with Gasteiger partial charge in [-0.1, -0.05) is 6.92 Å². The molecule has 3 saturated carbocycles. The Morgan fingerprint density at radius 2 is 2.00 bits per heavy atom. The van der Waals surface area contributed by atoms with Crippen LogP contribution in [0, 0.1) is 16.7 Å². The molecule has 0 unspecified atom stereocenters. The number of nitrogens with zero attached hydrogens (tertiary/aromatic N) is 2. The van der Waals surface area contributed by atoms with Gasteiger partial charge in [-0.3, -0.25) is 0 Å². The lowest BCUT2D eigenvalue weighted by Gasteiger charge is -2.22. The third kappa shape index (κ3) is 2.36. The second-order valence-corrected chi connectivity index (χ2v) is 8.08. The summed E-state index contributed by atoms with van der Waals surface area (Å²) >= 11 is 0. The van der Waals surface area contributed by atoms with Crippen molar-refractivity contribution >= 4 is 6.09 Å². The lowest BCUT2D eigenvalue weighted by Crippen LogP contribution is -2.29. The maximum Gasteiger partial charge on any atom is 0.435 e. The van der Waals surface area contributed by atoms with E-state index in [0.29, 0.717) is 12.5 Å². The van der Waals surface area contributed by atoms with Crippen LogP contribution in [-0.4, -0.2) is 28.1 Å². The average Bonchev–Trinajstić information content (AvgIpc) is 3.45. The monoisotopic (exact) mass is 318 g/mol. The van der Waals surface area contributed by atoms with Crippen LogP contribution in [0.4, 0.5) is 4.79 Å². The highest BCUT2D eigenvalue weighted by atomic mass is 16.6. The number of hydrogen-bond donors (Lipinski definition) is 0. The molecule has 0 aliphatic heterocycles. The highest BCUT2D eigenvalue weighted by molar-refractivity contribution is 5.69. The molecule has 2 spiro atoms. The SMILES string of the molecule is CCC(C)(C)OC(=O)n1ccc(OCCC2C3(CC3)C23CC3)n1. The summed E-state index contributed by atoms with van der Waals surface area (Å²) in [6.07, 6.45) is 8.77. The first-order valence-corrected chi connectivity index (χ1v) is 8.84. The fourth-order valence-corrected chi connectivity index (χ4v) is 4.48. The van der Waals surface area contributed by atoms with Gasteiger partial charge in [0.25, 0.3) is 0 Å². The highest BCUT2D eigenvalue weighted by Gasteiger charge is 2.85. The van der Waals surface area contributed by atoms with Gasteiger partial charge >= 0.3 is 6.09 Å². The summed E-state index contributed by atoms with van der Waals surface area (Å²) in [6, 6.07) is 1.73. The quantitative estimate of drug-likeness (QED) is 0.795. The highest BCUT2D eigenvalue weighted by Crippen LogP contribution is 2.93. The first-order chi connectivity index (χ1) is 10.9. The van der Waals surface area contributed by atoms with Gasteiger partial charge < -0.3 is 9.47 Å². The van der Waals surface area contributed by atoms with Crippen LogP contribution in [0.1, 0.15) is 59.3 Å². The van der Waals surface area contributed by atoms with Gasteiger partial charge in [-0.25, -0.2) is 4.79 Å². The molecule has 126 valence electrons. The summed E-state index contributed by atoms with van der Waals surface area (Å²) in [4.78, 5) is 12.0. The molecule has 0 radical (unpaired) electrons. The molecule has 0 bridgehead atoms. The van der Waals surface area contributed by atoms with Crippen LogP contribution in [0.3, 0.4) is 0 Å². The van der Waals surface area contributed by atoms with Gasteiger partial charge in [-0.2, -0.15) is 4.68 Å². The van der Waals surface area contributed by atoms with Crippen LogP contribution in [-0.2, 0) is 4.74 Å². The van der Waals surface area contributed by atoms with E-state index < -0.39 is 11.7 Å². The molecule has 1 heterocycles. The minimum Gasteiger partial charge on any atom is -0.477 e. The zero-order valence-electron chi connectivity index (χ0n) is 14.3. The van der Waals surface area contributed by atoms with E-state index in [1.54, 1.807) is 12.3 Å². The average molecular weight is 318 g/mol. The predicted molar refractivity (Wildman–Crippen MR) is 85.4 cm³/mol. The zero-order chi connectivity index (χ0) is 16.3. The van der Waals surface area contributed by atoms with E-state index in [-0.39, 0.29) is 0 Å². The maximum atomic E-state index is 12.0. The van der Waals surface area contributed by atoms with Crippen molar-refractivity contribution in [3.8, 4) is 5.88 Å². The van der Waals surface area contributed by atoms with Gasteiger partial charge in [0.1, 0.15) is 5.60 Å². The normalized spacial score (nSPS) is 23.1. The lowest BCUT2D eigenvalue weighted by molar-refractivity contribution is 0.0349. The van der Waals surface area contributed by atoms with Crippen molar-refractivity contribution in [2.75, 3.05) is 6.61 Å². The topological polar surface area (TPSA) is 53.4 Å². The number of rotatable bonds is 6. The first-order valence-electron chi connectivity index (χ1n) is 8.84. The fourth-order valence-electron chi connectivity index (χ4n) is 4.48. The van der Waals surface area contributed by atoms with Crippen LogP contribution in [0.15, 0.2) is 12.3 Å². The lowest BCUT2D eigenvalue weighted by atomic mass is 10.1. The van der Waals surface area contributed by atoms with Crippen molar-refractivity contribution in [1.29, 1.82) is 0 Å². The van der Waals surface area contributed by atoms with Crippen molar-refractivity contribution in [3.63, 3.8) is 0 Å². The molecule has 0 saturated heterocycles. The van der Waals surface area contributed by atoms with Gasteiger partial charge in [0.15, 0.2) is 0 Å². The Morgan fingerprint density at radius 1 is 1.35 bits per heavy atom. The molecule has 1 aromatic rings. The van der Waals surface area contributed by atoms with Crippen LogP contribution < -0.4 is 4.74 Å². The number of fused-ring (bicyclic) bond motifs is 1. The van der Waals surface area contributed by atoms with E-state index in [0.717, 1.165) is 29.6 Å². The summed E-state index contributed by atoms with van der Waals surface area (Å²) in [5, 5.41) is 4.17. The molecular weight excluding hydrogens is 292 g/mol. The Kier molecular flexibility index (Phi) is 3.10. The van der Waals surface area contributed by atoms with E-state index in [1.807, 2.05) is 20.8 Å². The molecule has 0 N–H and O–H groups in total. The summed E-state index contributed by atoms with van der Waals surface area (Å²) in [5.74, 6) is 1.39. The van der Waals surface area contributed by atoms with Crippen LogP contribution in [0.25, 0.3) is 0 Å². The largest absolute Gasteiger partial charge is 0.477 e. The maximum absolute atomic E-state index is 12.0. The molecule has 23 heavy (non-hydrogen) atoms. The van der Waals surface area contributed by atoms with Gasteiger partial charge in [0, 0.05) is 12.3 Å². The van der Waals surface area contributed by atoms with Gasteiger partial charge in [0.2, 0.25) is 5.88 Å². The van der Waals surface area contributed by atoms with Crippen molar-refractivity contribution in [3.05, 3.63) is 12.3 Å². The van der Waals surface area contributed by atoms with E-state index in [2.05, 4.69) is 5.10 Å². The molecule has 3 aliphatic carbocycles. The van der Waals surface area contributed by atoms with Crippen molar-refractivity contribution in [2.24, 2.45) is 16.7 Å². The minimum absolute atomic E-state index is 0.456. The summed E-state index contributed by atoms with van der Waals surface area (Å²) in [5.41, 5.74) is 0.976. The Balaban J connectivity index is 1.26. The Hall–Kier alpha value is -1.52. The molecule has 5 heteroatoms. The number of ether oxygens (including phenoxy) is 2. The molecule has 0 amide bonds. The van der Waals surface area contributed by atoms with E-state index in [4.69, 9.17) is 9.47 Å². The molecule has 0 aromatic carbocycles. The molecule has 4 rings (SSSR count). The number of carbonyl (C=O) groups is 1. The van der Waals surface area contributed by atoms with Crippen molar-refractivity contribution in [1.82, 2.24) is 9.78 Å². The van der Waals surface area contributed by atoms with Crippen molar-refractivity contribution < 1.29 is 14.3 Å². The molecule has 3 fully saturated rings. The Labute approximate surface area is 137 Å². The van der Waals surface area contributed by atoms with E-state index in [9.17, 15) is 4.79 Å². The molecule has 1 aromatic heterocycles. The third-order valence-corrected chi connectivity index (χ3v) is 6.44. The number of hydrogen-bond acceptors (Lipinski definition) is 4. The number of aromatic nitrogens is 2. The summed E-state index contributed by atoms with van der Waals surface area (Å²) < 4.78 is 12.4. The minimum atomic E-state index is -0.479. The third-order valence-electron chi connectivity index (χ3n) is 6.44. The smallest absolute Gasteiger partial charge is 0.435 e. The number of carbonyl (C=O) groups excluding carboxylic acids is 1. The predicted octanol–water partition coefficient (Wildman–Crippen LogP) is 4.02. The van der Waals surface area contributed by atoms with E-state index in [1.165, 1.54) is 30.4 Å². The second-order valence-electron chi connectivity index (χ2n) is 8.08. The zero-order valence-corrected chi connectivity index (χ0v) is 14.3. The van der Waals surface area contributed by atoms with Gasteiger partial charge in [0.05, 0.1) is 6.61 Å². The summed E-state index contributed by atoms with van der Waals surface area (Å²) in [6.45, 7) is 6.47. The van der Waals surface area contributed by atoms with E-state index >= 15 is 0 Å². The van der Waals surface area contributed by atoms with Crippen LogP contribution >= 0.6 is 0 Å². The van der Waals surface area contributed by atoms with Crippen LogP contribution in [0.2, 0.25) is 0 Å². The molecule has 5 nitrogen and oxygen atoms in total. The van der Waals surface area contributed by atoms with Gasteiger partial charge in [-0.05, 0) is 69.1 Å². The first kappa shape index (κ1) is 15.0. The molecule has 3 aliphatic rings. The van der Waals surface area contributed by atoms with Gasteiger partial charge in [-0.15, -0.1) is 5.10 Å². The molecule has 0 atom stereocenters. The summed E-state index contributed by atoms with van der Waals surface area (Å²) in [7, 11) is 0. The molecular formula is C18H26N2O3. The standard InChI is InChI=1S/C18H26N2O3/c1-4-16(2,3)23-15(21)20-11-5-14(19-20)22-12-6-13-17(7-8-17)18(13)9-10-18/h5,11,13H,4,6-10,12H2,1-3H3. The fraction of sp³-hybridized carbons (Fsp3) is 0.778. The second kappa shape index (κ2) is 4.74. The Bertz CT molecular complexity index is 608.